The largest absolute Gasteiger partial charge is 0.369 e. The van der Waals surface area contributed by atoms with Gasteiger partial charge in [-0.05, 0) is 18.3 Å². The van der Waals surface area contributed by atoms with E-state index in [1.807, 2.05) is 12.2 Å². The van der Waals surface area contributed by atoms with E-state index in [0.29, 0.717) is 5.69 Å². The number of rotatable bonds is 5. The molecular formula is C15H16FN7O. The third kappa shape index (κ3) is 2.47. The zero-order valence-corrected chi connectivity index (χ0v) is 12.6. The Morgan fingerprint density at radius 3 is 2.92 bits per heavy atom. The minimum atomic E-state index is -0.581. The number of hydrogen-bond acceptors (Lipinski definition) is 6. The second-order valence-corrected chi connectivity index (χ2v) is 6.05. The van der Waals surface area contributed by atoms with Crippen molar-refractivity contribution in [3.05, 3.63) is 36.6 Å². The number of nitrogens with one attached hydrogen (secondary N) is 3. The number of primary amides is 1. The van der Waals surface area contributed by atoms with Gasteiger partial charge in [0.15, 0.2) is 11.6 Å². The van der Waals surface area contributed by atoms with Crippen LogP contribution in [0.4, 0.5) is 21.8 Å². The smallest absolute Gasteiger partial charge is 0.229 e. The Morgan fingerprint density at radius 2 is 2.17 bits per heavy atom. The third-order valence-corrected chi connectivity index (χ3v) is 4.59. The second-order valence-electron chi connectivity index (χ2n) is 6.05. The molecule has 0 spiro atoms. The predicted octanol–water partition coefficient (Wildman–Crippen LogP) is 1.17. The highest BCUT2D eigenvalue weighted by molar-refractivity contribution is 5.79. The van der Waals surface area contributed by atoms with Gasteiger partial charge in [0, 0.05) is 12.2 Å². The molecule has 4 atom stereocenters. The normalized spacial score (nSPS) is 27.4. The Bertz CT molecular complexity index is 791. The first-order valence-corrected chi connectivity index (χ1v) is 7.64. The first-order chi connectivity index (χ1) is 11.6. The van der Waals surface area contributed by atoms with Crippen molar-refractivity contribution in [3.8, 4) is 0 Å². The lowest BCUT2D eigenvalue weighted by molar-refractivity contribution is -0.122. The number of nitrogens with zero attached hydrogens (tertiary/aromatic N) is 3. The van der Waals surface area contributed by atoms with E-state index in [2.05, 4.69) is 30.8 Å². The summed E-state index contributed by atoms with van der Waals surface area (Å²) in [6, 6.07) is -0.260. The molecule has 2 bridgehead atoms. The molecule has 8 nitrogen and oxygen atoms in total. The third-order valence-electron chi connectivity index (χ3n) is 4.59. The van der Waals surface area contributed by atoms with Crippen LogP contribution in [0.5, 0.6) is 0 Å². The number of aromatic amines is 1. The molecule has 9 heteroatoms. The van der Waals surface area contributed by atoms with Crippen molar-refractivity contribution < 1.29 is 9.18 Å². The number of H-pyrrole nitrogens is 1. The maximum atomic E-state index is 14.1. The zero-order valence-electron chi connectivity index (χ0n) is 12.6. The van der Waals surface area contributed by atoms with Gasteiger partial charge in [0.25, 0.3) is 0 Å². The van der Waals surface area contributed by atoms with Gasteiger partial charge in [-0.25, -0.2) is 9.37 Å². The quantitative estimate of drug-likeness (QED) is 0.611. The van der Waals surface area contributed by atoms with Gasteiger partial charge in [-0.3, -0.25) is 9.89 Å². The van der Waals surface area contributed by atoms with Crippen molar-refractivity contribution in [1.29, 1.82) is 0 Å². The average molecular weight is 329 g/mol. The van der Waals surface area contributed by atoms with Gasteiger partial charge in [-0.15, -0.1) is 0 Å². The first kappa shape index (κ1) is 14.6. The Labute approximate surface area is 136 Å². The summed E-state index contributed by atoms with van der Waals surface area (Å²) in [4.78, 5) is 19.8. The number of amides is 1. The van der Waals surface area contributed by atoms with Crippen LogP contribution in [0.2, 0.25) is 0 Å². The van der Waals surface area contributed by atoms with Gasteiger partial charge < -0.3 is 16.4 Å². The molecular weight excluding hydrogens is 313 g/mol. The molecule has 124 valence electrons. The van der Waals surface area contributed by atoms with E-state index in [1.54, 1.807) is 12.4 Å². The highest BCUT2D eigenvalue weighted by atomic mass is 19.1. The first-order valence-electron chi connectivity index (χ1n) is 7.64. The molecule has 1 saturated carbocycles. The number of aromatic nitrogens is 4. The fourth-order valence-electron chi connectivity index (χ4n) is 3.54. The van der Waals surface area contributed by atoms with Gasteiger partial charge in [0.1, 0.15) is 0 Å². The molecule has 5 N–H and O–H groups in total. The van der Waals surface area contributed by atoms with E-state index < -0.39 is 5.82 Å². The van der Waals surface area contributed by atoms with Crippen molar-refractivity contribution in [2.24, 2.45) is 23.5 Å². The molecule has 2 aromatic heterocycles. The lowest BCUT2D eigenvalue weighted by atomic mass is 9.88. The van der Waals surface area contributed by atoms with Crippen LogP contribution < -0.4 is 16.4 Å². The van der Waals surface area contributed by atoms with Crippen molar-refractivity contribution in [1.82, 2.24) is 20.2 Å². The van der Waals surface area contributed by atoms with Gasteiger partial charge in [-0.1, -0.05) is 12.2 Å². The van der Waals surface area contributed by atoms with E-state index in [-0.39, 0.29) is 41.5 Å². The molecule has 2 heterocycles. The van der Waals surface area contributed by atoms with Gasteiger partial charge in [0.05, 0.1) is 24.0 Å². The molecule has 2 aliphatic rings. The van der Waals surface area contributed by atoms with Crippen LogP contribution >= 0.6 is 0 Å². The van der Waals surface area contributed by atoms with E-state index >= 15 is 0 Å². The summed E-state index contributed by atoms with van der Waals surface area (Å²) >= 11 is 0. The summed E-state index contributed by atoms with van der Waals surface area (Å²) in [6.07, 6.45) is 9.18. The van der Waals surface area contributed by atoms with Crippen LogP contribution in [0, 0.1) is 23.6 Å². The second kappa shape index (κ2) is 5.59. The number of allylic oxidation sites excluding steroid dienone is 1. The van der Waals surface area contributed by atoms with E-state index in [9.17, 15) is 9.18 Å². The fraction of sp³-hybridized carbons (Fsp3) is 0.333. The number of halogens is 1. The number of nitrogens with two attached hydrogens (primary N) is 1. The number of anilines is 3. The highest BCUT2D eigenvalue weighted by Gasteiger charge is 2.47. The predicted molar refractivity (Wildman–Crippen MR) is 84.7 cm³/mol. The topological polar surface area (TPSA) is 122 Å². The van der Waals surface area contributed by atoms with Crippen molar-refractivity contribution in [2.45, 2.75) is 12.5 Å². The molecule has 0 aromatic carbocycles. The van der Waals surface area contributed by atoms with Gasteiger partial charge >= 0.3 is 0 Å². The Balaban J connectivity index is 1.57. The zero-order chi connectivity index (χ0) is 16.7. The van der Waals surface area contributed by atoms with Crippen molar-refractivity contribution in [2.75, 3.05) is 10.6 Å². The molecule has 1 amide bonds. The molecule has 2 aliphatic carbocycles. The summed E-state index contributed by atoms with van der Waals surface area (Å²) in [5, 5.41) is 12.4. The van der Waals surface area contributed by atoms with E-state index in [1.165, 1.54) is 0 Å². The average Bonchev–Trinajstić information content (AvgIpc) is 3.27. The van der Waals surface area contributed by atoms with Crippen LogP contribution in [0.25, 0.3) is 0 Å². The number of hydrogen-bond donors (Lipinski definition) is 4. The maximum Gasteiger partial charge on any atom is 0.229 e. The Kier molecular flexibility index (Phi) is 3.40. The fourth-order valence-corrected chi connectivity index (χ4v) is 3.54. The Morgan fingerprint density at radius 1 is 1.33 bits per heavy atom. The van der Waals surface area contributed by atoms with E-state index in [0.717, 1.165) is 12.6 Å². The minimum Gasteiger partial charge on any atom is -0.369 e. The Hall–Kier alpha value is -2.97. The number of carbonyl (C=O) groups is 1. The summed E-state index contributed by atoms with van der Waals surface area (Å²) in [6.45, 7) is 0. The molecule has 0 aliphatic heterocycles. The standard InChI is InChI=1S/C15H16FN7O/c16-10-6-18-15(21-9-4-19-20-5-9)23-14(10)22-12-8-2-1-7(3-8)11(12)13(17)24/h1-2,4-8,11-12H,3H2,(H2,17,24)(H,19,20)(H2,18,21,22,23)/t7-,8+,11+,12-/m0/s1. The maximum absolute atomic E-state index is 14.1. The summed E-state index contributed by atoms with van der Waals surface area (Å²) < 4.78 is 14.1. The lowest BCUT2D eigenvalue weighted by Gasteiger charge is -2.27. The van der Waals surface area contributed by atoms with Crippen LogP contribution in [-0.2, 0) is 4.79 Å². The molecule has 0 radical (unpaired) electrons. The SMILES string of the molecule is NC(=O)[C@H]1[C@@H](Nc2nc(Nc3cn[nH]c3)ncc2F)[C@@H]2C=C[C@H]1C2. The summed E-state index contributed by atoms with van der Waals surface area (Å²) in [5.41, 5.74) is 6.18. The van der Waals surface area contributed by atoms with Crippen LogP contribution in [-0.4, -0.2) is 32.1 Å². The highest BCUT2D eigenvalue weighted by Crippen LogP contribution is 2.44. The monoisotopic (exact) mass is 329 g/mol. The lowest BCUT2D eigenvalue weighted by Crippen LogP contribution is -2.41. The van der Waals surface area contributed by atoms with Crippen molar-refractivity contribution >= 4 is 23.4 Å². The number of fused-ring (bicyclic) bond motifs is 2. The molecule has 2 aromatic rings. The molecule has 0 unspecified atom stereocenters. The molecule has 1 fully saturated rings. The summed E-state index contributed by atoms with van der Waals surface area (Å²) in [5.74, 6) is -0.786. The molecule has 24 heavy (non-hydrogen) atoms. The number of carbonyl (C=O) groups excluding carboxylic acids is 1. The van der Waals surface area contributed by atoms with Crippen molar-refractivity contribution in [3.63, 3.8) is 0 Å². The van der Waals surface area contributed by atoms with E-state index in [4.69, 9.17) is 5.73 Å². The minimum absolute atomic E-state index is 0.0493. The molecule has 4 rings (SSSR count). The van der Waals surface area contributed by atoms with Gasteiger partial charge in [-0.2, -0.15) is 10.1 Å². The van der Waals surface area contributed by atoms with Gasteiger partial charge in [0.2, 0.25) is 11.9 Å². The molecule has 0 saturated heterocycles. The summed E-state index contributed by atoms with van der Waals surface area (Å²) in [7, 11) is 0. The van der Waals surface area contributed by atoms with Crippen LogP contribution in [0.3, 0.4) is 0 Å². The van der Waals surface area contributed by atoms with Crippen LogP contribution in [0.1, 0.15) is 6.42 Å². The van der Waals surface area contributed by atoms with Crippen LogP contribution in [0.15, 0.2) is 30.7 Å².